The van der Waals surface area contributed by atoms with E-state index in [2.05, 4.69) is 0 Å². The Bertz CT molecular complexity index is 623. The summed E-state index contributed by atoms with van der Waals surface area (Å²) in [6, 6.07) is 5.37. The van der Waals surface area contributed by atoms with Crippen LogP contribution in [0.5, 0.6) is 17.2 Å². The highest BCUT2D eigenvalue weighted by Crippen LogP contribution is 2.35. The third kappa shape index (κ3) is 4.29. The van der Waals surface area contributed by atoms with Crippen LogP contribution in [0.3, 0.4) is 0 Å². The van der Waals surface area contributed by atoms with Crippen LogP contribution in [0, 0.1) is 0 Å². The average molecular weight is 341 g/mol. The Labute approximate surface area is 137 Å². The molecular formula is C16H23NO5S. The lowest BCUT2D eigenvalue weighted by Crippen LogP contribution is -2.34. The highest BCUT2D eigenvalue weighted by atomic mass is 32.2. The summed E-state index contributed by atoms with van der Waals surface area (Å²) < 4.78 is 42.5. The molecule has 0 N–H and O–H groups in total. The second-order valence-electron chi connectivity index (χ2n) is 5.85. The zero-order valence-electron chi connectivity index (χ0n) is 13.2. The maximum Gasteiger partial charge on any atom is 0.231 e. The Kier molecular flexibility index (Phi) is 5.27. The number of benzene rings is 1. The van der Waals surface area contributed by atoms with Crippen LogP contribution in [-0.4, -0.2) is 45.0 Å². The van der Waals surface area contributed by atoms with E-state index in [1.807, 2.05) is 0 Å². The van der Waals surface area contributed by atoms with Crippen molar-refractivity contribution in [3.05, 3.63) is 18.2 Å². The van der Waals surface area contributed by atoms with Crippen molar-refractivity contribution in [2.75, 3.05) is 32.2 Å². The first-order valence-corrected chi connectivity index (χ1v) is 9.76. The van der Waals surface area contributed by atoms with Gasteiger partial charge in [0.05, 0.1) is 12.4 Å². The molecule has 1 aromatic rings. The zero-order valence-corrected chi connectivity index (χ0v) is 14.0. The van der Waals surface area contributed by atoms with Crippen molar-refractivity contribution in [1.82, 2.24) is 4.31 Å². The summed E-state index contributed by atoms with van der Waals surface area (Å²) in [4.78, 5) is 0. The first-order valence-electron chi connectivity index (χ1n) is 8.15. The van der Waals surface area contributed by atoms with Gasteiger partial charge >= 0.3 is 0 Å². The molecule has 0 unspecified atom stereocenters. The lowest BCUT2D eigenvalue weighted by molar-refractivity contribution is 0.173. The number of hydrogen-bond donors (Lipinski definition) is 0. The van der Waals surface area contributed by atoms with Gasteiger partial charge in [-0.1, -0.05) is 12.8 Å². The molecule has 7 heteroatoms. The van der Waals surface area contributed by atoms with E-state index in [1.54, 1.807) is 22.5 Å². The van der Waals surface area contributed by atoms with Gasteiger partial charge in [-0.05, 0) is 31.4 Å². The fraction of sp³-hybridized carbons (Fsp3) is 0.625. The molecule has 2 aliphatic rings. The first-order chi connectivity index (χ1) is 11.1. The van der Waals surface area contributed by atoms with Crippen molar-refractivity contribution in [3.8, 4) is 17.2 Å². The number of sulfonamides is 1. The third-order valence-electron chi connectivity index (χ3n) is 4.12. The van der Waals surface area contributed by atoms with Crippen molar-refractivity contribution >= 4 is 10.0 Å². The lowest BCUT2D eigenvalue weighted by Gasteiger charge is -2.19. The molecule has 2 heterocycles. The summed E-state index contributed by atoms with van der Waals surface area (Å²) in [6.45, 7) is 1.91. The Morgan fingerprint density at radius 1 is 1.04 bits per heavy atom. The van der Waals surface area contributed by atoms with Crippen molar-refractivity contribution in [3.63, 3.8) is 0 Å². The van der Waals surface area contributed by atoms with E-state index in [1.165, 1.54) is 0 Å². The van der Waals surface area contributed by atoms with E-state index in [4.69, 9.17) is 14.2 Å². The average Bonchev–Trinajstić information content (AvgIpc) is 2.82. The molecule has 6 nitrogen and oxygen atoms in total. The molecular weight excluding hydrogens is 318 g/mol. The van der Waals surface area contributed by atoms with Crippen molar-refractivity contribution in [2.45, 2.75) is 32.1 Å². The molecule has 1 saturated heterocycles. The highest BCUT2D eigenvalue weighted by molar-refractivity contribution is 7.89. The second kappa shape index (κ2) is 7.40. The molecule has 0 radical (unpaired) electrons. The molecule has 1 aromatic carbocycles. The molecule has 1 fully saturated rings. The smallest absolute Gasteiger partial charge is 0.231 e. The summed E-state index contributed by atoms with van der Waals surface area (Å²) in [7, 11) is -3.16. The molecule has 128 valence electrons. The van der Waals surface area contributed by atoms with E-state index in [9.17, 15) is 8.42 Å². The summed E-state index contributed by atoms with van der Waals surface area (Å²) in [5.74, 6) is 2.18. The standard InChI is InChI=1S/C16H23NO5S/c18-23(19,17-8-3-1-2-4-9-17)11-5-10-20-14-6-7-15-16(12-14)22-13-21-15/h6-7,12H,1-5,8-11,13H2. The predicted octanol–water partition coefficient (Wildman–Crippen LogP) is 2.39. The zero-order chi connectivity index (χ0) is 16.1. The van der Waals surface area contributed by atoms with Gasteiger partial charge in [-0.2, -0.15) is 0 Å². The number of ether oxygens (including phenoxy) is 3. The molecule has 3 rings (SSSR count). The number of nitrogens with zero attached hydrogens (tertiary/aromatic N) is 1. The molecule has 0 amide bonds. The van der Waals surface area contributed by atoms with Crippen LogP contribution in [0.25, 0.3) is 0 Å². The molecule has 0 bridgehead atoms. The minimum Gasteiger partial charge on any atom is -0.493 e. The number of rotatable bonds is 6. The predicted molar refractivity (Wildman–Crippen MR) is 86.5 cm³/mol. The monoisotopic (exact) mass is 341 g/mol. The minimum atomic E-state index is -3.16. The second-order valence-corrected chi connectivity index (χ2v) is 7.93. The largest absolute Gasteiger partial charge is 0.493 e. The number of hydrogen-bond acceptors (Lipinski definition) is 5. The molecule has 0 aromatic heterocycles. The van der Waals surface area contributed by atoms with Crippen molar-refractivity contribution in [1.29, 1.82) is 0 Å². The SMILES string of the molecule is O=S(=O)(CCCOc1ccc2c(c1)OCO2)N1CCCCCC1. The van der Waals surface area contributed by atoms with Crippen LogP contribution >= 0.6 is 0 Å². The molecule has 0 atom stereocenters. The van der Waals surface area contributed by atoms with E-state index >= 15 is 0 Å². The molecule has 0 saturated carbocycles. The van der Waals surface area contributed by atoms with Gasteiger partial charge in [0.25, 0.3) is 0 Å². The van der Waals surface area contributed by atoms with E-state index < -0.39 is 10.0 Å². The van der Waals surface area contributed by atoms with Crippen LogP contribution in [0.4, 0.5) is 0 Å². The van der Waals surface area contributed by atoms with Gasteiger partial charge in [-0.15, -0.1) is 0 Å². The summed E-state index contributed by atoms with van der Waals surface area (Å²) in [5.41, 5.74) is 0. The summed E-state index contributed by atoms with van der Waals surface area (Å²) in [6.07, 6.45) is 4.66. The van der Waals surface area contributed by atoms with Crippen LogP contribution < -0.4 is 14.2 Å². The first kappa shape index (κ1) is 16.4. The normalized spacial score (nSPS) is 18.6. The van der Waals surface area contributed by atoms with Crippen molar-refractivity contribution < 1.29 is 22.6 Å². The quantitative estimate of drug-likeness (QED) is 0.743. The van der Waals surface area contributed by atoms with Gasteiger partial charge in [0, 0.05) is 19.2 Å². The Balaban J connectivity index is 1.45. The molecule has 0 aliphatic carbocycles. The van der Waals surface area contributed by atoms with Gasteiger partial charge in [0.15, 0.2) is 11.5 Å². The fourth-order valence-electron chi connectivity index (χ4n) is 2.85. The Morgan fingerprint density at radius 3 is 2.57 bits per heavy atom. The van der Waals surface area contributed by atoms with Crippen LogP contribution in [0.15, 0.2) is 18.2 Å². The van der Waals surface area contributed by atoms with Gasteiger partial charge in [-0.25, -0.2) is 12.7 Å². The fourth-order valence-corrected chi connectivity index (χ4v) is 4.40. The maximum absolute atomic E-state index is 12.3. The van der Waals surface area contributed by atoms with E-state index in [0.29, 0.717) is 43.4 Å². The minimum absolute atomic E-state index is 0.136. The topological polar surface area (TPSA) is 65.1 Å². The van der Waals surface area contributed by atoms with E-state index in [-0.39, 0.29) is 12.5 Å². The number of fused-ring (bicyclic) bond motifs is 1. The highest BCUT2D eigenvalue weighted by Gasteiger charge is 2.22. The summed E-state index contributed by atoms with van der Waals surface area (Å²) >= 11 is 0. The maximum atomic E-state index is 12.3. The Hall–Kier alpha value is -1.47. The van der Waals surface area contributed by atoms with Gasteiger partial charge < -0.3 is 14.2 Å². The van der Waals surface area contributed by atoms with Crippen LogP contribution in [-0.2, 0) is 10.0 Å². The van der Waals surface area contributed by atoms with Crippen LogP contribution in [0.1, 0.15) is 32.1 Å². The lowest BCUT2D eigenvalue weighted by atomic mass is 10.2. The van der Waals surface area contributed by atoms with Gasteiger partial charge in [-0.3, -0.25) is 0 Å². The van der Waals surface area contributed by atoms with E-state index in [0.717, 1.165) is 25.7 Å². The molecule has 23 heavy (non-hydrogen) atoms. The Morgan fingerprint density at radius 2 is 1.78 bits per heavy atom. The summed E-state index contributed by atoms with van der Waals surface area (Å²) in [5, 5.41) is 0. The van der Waals surface area contributed by atoms with Gasteiger partial charge in [0.2, 0.25) is 16.8 Å². The van der Waals surface area contributed by atoms with Crippen LogP contribution in [0.2, 0.25) is 0 Å². The van der Waals surface area contributed by atoms with Crippen molar-refractivity contribution in [2.24, 2.45) is 0 Å². The molecule has 2 aliphatic heterocycles. The van der Waals surface area contributed by atoms with Gasteiger partial charge in [0.1, 0.15) is 5.75 Å². The third-order valence-corrected chi connectivity index (χ3v) is 6.07. The molecule has 0 spiro atoms.